The fourth-order valence-corrected chi connectivity index (χ4v) is 1.90. The standard InChI is InChI=1S/C15H19FN2O/c1-11(13-5-6-13)10-18-15(19)17-8-7-12-3-2-4-14(16)9-12/h2-4,9-10,13H,5-8H2,1H3,(H2,17,18,19)/b11-10+. The fraction of sp³-hybridized carbons (Fsp3) is 0.400. The minimum Gasteiger partial charge on any atom is -0.338 e. The summed E-state index contributed by atoms with van der Waals surface area (Å²) >= 11 is 0. The zero-order valence-electron chi connectivity index (χ0n) is 11.1. The van der Waals surface area contributed by atoms with Gasteiger partial charge in [-0.3, -0.25) is 0 Å². The highest BCUT2D eigenvalue weighted by atomic mass is 19.1. The first-order valence-corrected chi connectivity index (χ1v) is 6.60. The molecule has 1 aromatic carbocycles. The number of hydrogen-bond donors (Lipinski definition) is 2. The summed E-state index contributed by atoms with van der Waals surface area (Å²) in [6.45, 7) is 2.52. The zero-order valence-corrected chi connectivity index (χ0v) is 11.1. The average molecular weight is 262 g/mol. The Balaban J connectivity index is 1.67. The molecule has 102 valence electrons. The largest absolute Gasteiger partial charge is 0.338 e. The number of benzene rings is 1. The van der Waals surface area contributed by atoms with Crippen molar-refractivity contribution in [3.63, 3.8) is 0 Å². The molecular formula is C15H19FN2O. The molecule has 2 rings (SSSR count). The molecule has 1 aliphatic carbocycles. The lowest BCUT2D eigenvalue weighted by molar-refractivity contribution is 0.244. The van der Waals surface area contributed by atoms with E-state index in [2.05, 4.69) is 10.6 Å². The van der Waals surface area contributed by atoms with Gasteiger partial charge in [-0.15, -0.1) is 0 Å². The number of hydrogen-bond acceptors (Lipinski definition) is 1. The smallest absolute Gasteiger partial charge is 0.318 e. The van der Waals surface area contributed by atoms with Crippen LogP contribution in [0.2, 0.25) is 0 Å². The van der Waals surface area contributed by atoms with E-state index in [9.17, 15) is 9.18 Å². The molecule has 19 heavy (non-hydrogen) atoms. The lowest BCUT2D eigenvalue weighted by atomic mass is 10.1. The van der Waals surface area contributed by atoms with E-state index in [4.69, 9.17) is 0 Å². The molecule has 0 atom stereocenters. The number of urea groups is 1. The van der Waals surface area contributed by atoms with Crippen molar-refractivity contribution >= 4 is 6.03 Å². The fourth-order valence-electron chi connectivity index (χ4n) is 1.90. The van der Waals surface area contributed by atoms with Gasteiger partial charge in [-0.05, 0) is 49.8 Å². The van der Waals surface area contributed by atoms with E-state index < -0.39 is 0 Å². The van der Waals surface area contributed by atoms with Gasteiger partial charge < -0.3 is 10.6 Å². The number of halogens is 1. The van der Waals surface area contributed by atoms with Crippen molar-refractivity contribution in [3.8, 4) is 0 Å². The number of rotatable bonds is 5. The molecule has 2 N–H and O–H groups in total. The van der Waals surface area contributed by atoms with Crippen molar-refractivity contribution in [2.45, 2.75) is 26.2 Å². The summed E-state index contributed by atoms with van der Waals surface area (Å²) in [5.41, 5.74) is 2.10. The minimum absolute atomic E-state index is 0.212. The third-order valence-electron chi connectivity index (χ3n) is 3.24. The van der Waals surface area contributed by atoms with Crippen LogP contribution in [-0.4, -0.2) is 12.6 Å². The lowest BCUT2D eigenvalue weighted by Crippen LogP contribution is -2.33. The predicted octanol–water partition coefficient (Wildman–Crippen LogP) is 2.98. The van der Waals surface area contributed by atoms with Crippen molar-refractivity contribution in [3.05, 3.63) is 47.4 Å². The monoisotopic (exact) mass is 262 g/mol. The predicted molar refractivity (Wildman–Crippen MR) is 73.1 cm³/mol. The quantitative estimate of drug-likeness (QED) is 0.841. The van der Waals surface area contributed by atoms with Crippen molar-refractivity contribution in [2.75, 3.05) is 6.54 Å². The van der Waals surface area contributed by atoms with E-state index in [0.29, 0.717) is 18.9 Å². The molecule has 1 fully saturated rings. The van der Waals surface area contributed by atoms with Gasteiger partial charge in [-0.25, -0.2) is 9.18 Å². The van der Waals surface area contributed by atoms with Gasteiger partial charge >= 0.3 is 6.03 Å². The van der Waals surface area contributed by atoms with Crippen LogP contribution < -0.4 is 10.6 Å². The van der Waals surface area contributed by atoms with Gasteiger partial charge in [-0.1, -0.05) is 17.7 Å². The second kappa shape index (κ2) is 6.36. The van der Waals surface area contributed by atoms with Crippen LogP contribution in [-0.2, 0) is 6.42 Å². The maximum atomic E-state index is 12.9. The summed E-state index contributed by atoms with van der Waals surface area (Å²) in [5, 5.41) is 5.46. The Kier molecular flexibility index (Phi) is 4.55. The molecule has 2 amide bonds. The van der Waals surface area contributed by atoms with Crippen LogP contribution >= 0.6 is 0 Å². The molecule has 0 unspecified atom stereocenters. The van der Waals surface area contributed by atoms with E-state index in [0.717, 1.165) is 5.56 Å². The summed E-state index contributed by atoms with van der Waals surface area (Å²) in [6.07, 6.45) is 4.85. The van der Waals surface area contributed by atoms with Crippen LogP contribution in [0.4, 0.5) is 9.18 Å². The molecule has 1 aliphatic rings. The molecule has 0 spiro atoms. The van der Waals surface area contributed by atoms with Crippen molar-refractivity contribution in [2.24, 2.45) is 5.92 Å². The highest BCUT2D eigenvalue weighted by Crippen LogP contribution is 2.35. The number of carbonyl (C=O) groups is 1. The van der Waals surface area contributed by atoms with E-state index in [-0.39, 0.29) is 11.8 Å². The first-order valence-electron chi connectivity index (χ1n) is 6.60. The molecule has 0 heterocycles. The Bertz CT molecular complexity index is 481. The lowest BCUT2D eigenvalue weighted by Gasteiger charge is -2.06. The molecule has 0 aromatic heterocycles. The number of nitrogens with one attached hydrogen (secondary N) is 2. The Morgan fingerprint density at radius 2 is 2.26 bits per heavy atom. The Morgan fingerprint density at radius 1 is 1.47 bits per heavy atom. The van der Waals surface area contributed by atoms with E-state index in [1.54, 1.807) is 12.3 Å². The third-order valence-corrected chi connectivity index (χ3v) is 3.24. The van der Waals surface area contributed by atoms with E-state index >= 15 is 0 Å². The highest BCUT2D eigenvalue weighted by Gasteiger charge is 2.22. The van der Waals surface area contributed by atoms with Crippen LogP contribution in [0.1, 0.15) is 25.3 Å². The van der Waals surface area contributed by atoms with Gasteiger partial charge in [0.05, 0.1) is 0 Å². The molecule has 1 saturated carbocycles. The van der Waals surface area contributed by atoms with Crippen molar-refractivity contribution in [1.82, 2.24) is 10.6 Å². The normalized spacial score (nSPS) is 15.2. The van der Waals surface area contributed by atoms with Crippen LogP contribution in [0.3, 0.4) is 0 Å². The average Bonchev–Trinajstić information content (AvgIpc) is 3.20. The summed E-state index contributed by atoms with van der Waals surface area (Å²) < 4.78 is 12.9. The molecule has 4 heteroatoms. The number of amides is 2. The van der Waals surface area contributed by atoms with Crippen LogP contribution in [0.25, 0.3) is 0 Å². The SMILES string of the molecule is C/C(=C\NC(=O)NCCc1cccc(F)c1)C1CC1. The van der Waals surface area contributed by atoms with Crippen molar-refractivity contribution < 1.29 is 9.18 Å². The van der Waals surface area contributed by atoms with E-state index in [1.807, 2.05) is 13.0 Å². The van der Waals surface area contributed by atoms with Gasteiger partial charge in [0.2, 0.25) is 0 Å². The van der Waals surface area contributed by atoms with E-state index in [1.165, 1.54) is 30.5 Å². The summed E-state index contributed by atoms with van der Waals surface area (Å²) in [6, 6.07) is 6.20. The molecule has 1 aromatic rings. The highest BCUT2D eigenvalue weighted by molar-refractivity contribution is 5.74. The number of carbonyl (C=O) groups excluding carboxylic acids is 1. The Hall–Kier alpha value is -1.84. The molecule has 3 nitrogen and oxygen atoms in total. The van der Waals surface area contributed by atoms with Crippen LogP contribution in [0.15, 0.2) is 36.0 Å². The summed E-state index contributed by atoms with van der Waals surface area (Å²) in [7, 11) is 0. The van der Waals surface area contributed by atoms with Gasteiger partial charge in [0.25, 0.3) is 0 Å². The molecule has 0 radical (unpaired) electrons. The summed E-state index contributed by atoms with van der Waals surface area (Å²) in [4.78, 5) is 11.5. The topological polar surface area (TPSA) is 41.1 Å². The maximum Gasteiger partial charge on any atom is 0.318 e. The summed E-state index contributed by atoms with van der Waals surface area (Å²) in [5.74, 6) is 0.414. The van der Waals surface area contributed by atoms with Crippen LogP contribution in [0.5, 0.6) is 0 Å². The first kappa shape index (κ1) is 13.6. The molecule has 0 bridgehead atoms. The molecule has 0 aliphatic heterocycles. The van der Waals surface area contributed by atoms with Crippen LogP contribution in [0, 0.1) is 11.7 Å². The van der Waals surface area contributed by atoms with Gasteiger partial charge in [0.15, 0.2) is 0 Å². The van der Waals surface area contributed by atoms with Gasteiger partial charge in [0, 0.05) is 12.7 Å². The van der Waals surface area contributed by atoms with Crippen molar-refractivity contribution in [1.29, 1.82) is 0 Å². The second-order valence-corrected chi connectivity index (χ2v) is 4.94. The number of allylic oxidation sites excluding steroid dienone is 1. The molecular weight excluding hydrogens is 243 g/mol. The maximum absolute atomic E-state index is 12.9. The van der Waals surface area contributed by atoms with Gasteiger partial charge in [-0.2, -0.15) is 0 Å². The molecule has 0 saturated heterocycles. The Morgan fingerprint density at radius 3 is 2.95 bits per heavy atom. The van der Waals surface area contributed by atoms with Gasteiger partial charge in [0.1, 0.15) is 5.82 Å². The second-order valence-electron chi connectivity index (χ2n) is 4.94. The third kappa shape index (κ3) is 4.73. The first-order chi connectivity index (χ1) is 9.15. The minimum atomic E-state index is -0.245. The zero-order chi connectivity index (χ0) is 13.7. The Labute approximate surface area is 112 Å².